The van der Waals surface area contributed by atoms with Gasteiger partial charge in [-0.25, -0.2) is 4.98 Å². The maximum Gasteiger partial charge on any atom is 0.224 e. The first-order valence-corrected chi connectivity index (χ1v) is 7.50. The van der Waals surface area contributed by atoms with Gasteiger partial charge in [0, 0.05) is 25.2 Å². The lowest BCUT2D eigenvalue weighted by Crippen LogP contribution is -2.30. The van der Waals surface area contributed by atoms with Crippen LogP contribution in [0.4, 0.5) is 5.69 Å². The van der Waals surface area contributed by atoms with Crippen molar-refractivity contribution in [3.63, 3.8) is 0 Å². The first-order chi connectivity index (χ1) is 10.0. The molecule has 21 heavy (non-hydrogen) atoms. The van der Waals surface area contributed by atoms with Gasteiger partial charge in [-0.2, -0.15) is 0 Å². The second-order valence-corrected chi connectivity index (χ2v) is 6.27. The molecule has 0 radical (unpaired) electrons. The van der Waals surface area contributed by atoms with Crippen molar-refractivity contribution in [2.24, 2.45) is 5.92 Å². The Kier molecular flexibility index (Phi) is 3.68. The molecule has 1 aromatic heterocycles. The van der Waals surface area contributed by atoms with E-state index in [9.17, 15) is 4.79 Å². The van der Waals surface area contributed by atoms with Crippen molar-refractivity contribution in [3.8, 4) is 0 Å². The van der Waals surface area contributed by atoms with E-state index in [0.717, 1.165) is 42.2 Å². The van der Waals surface area contributed by atoms with Crippen molar-refractivity contribution in [1.82, 2.24) is 14.5 Å². The number of imidazole rings is 1. The first kappa shape index (κ1) is 14.1. The van der Waals surface area contributed by atoms with Gasteiger partial charge in [0.25, 0.3) is 0 Å². The zero-order chi connectivity index (χ0) is 15.0. The number of carbonyl (C=O) groups is 1. The lowest BCUT2D eigenvalue weighted by atomic mass is 10.1. The van der Waals surface area contributed by atoms with E-state index in [2.05, 4.69) is 27.9 Å². The second-order valence-electron chi connectivity index (χ2n) is 6.27. The number of rotatable bonds is 3. The highest BCUT2D eigenvalue weighted by molar-refractivity contribution is 5.93. The SMILES string of the molecule is CC(C)CC(=O)Nc1ccc2c(c1)nc1n2CCN(C)C1. The summed E-state index contributed by atoms with van der Waals surface area (Å²) in [5.41, 5.74) is 2.94. The van der Waals surface area contributed by atoms with Crippen LogP contribution >= 0.6 is 0 Å². The van der Waals surface area contributed by atoms with Crippen LogP contribution in [-0.4, -0.2) is 34.0 Å². The highest BCUT2D eigenvalue weighted by atomic mass is 16.1. The summed E-state index contributed by atoms with van der Waals surface area (Å²) < 4.78 is 2.27. The Morgan fingerprint density at radius 3 is 2.95 bits per heavy atom. The molecule has 5 nitrogen and oxygen atoms in total. The summed E-state index contributed by atoms with van der Waals surface area (Å²) in [4.78, 5) is 18.8. The number of likely N-dealkylation sites (N-methyl/N-ethyl adjacent to an activating group) is 1. The topological polar surface area (TPSA) is 50.2 Å². The molecule has 2 aromatic rings. The maximum atomic E-state index is 11.9. The fourth-order valence-corrected chi connectivity index (χ4v) is 2.80. The molecule has 1 N–H and O–H groups in total. The van der Waals surface area contributed by atoms with Crippen LogP contribution in [0.3, 0.4) is 0 Å². The van der Waals surface area contributed by atoms with E-state index in [4.69, 9.17) is 4.98 Å². The van der Waals surface area contributed by atoms with E-state index in [1.54, 1.807) is 0 Å². The lowest BCUT2D eigenvalue weighted by molar-refractivity contribution is -0.116. The van der Waals surface area contributed by atoms with Crippen LogP contribution in [0.25, 0.3) is 11.0 Å². The van der Waals surface area contributed by atoms with Gasteiger partial charge in [0.1, 0.15) is 5.82 Å². The quantitative estimate of drug-likeness (QED) is 0.943. The summed E-state index contributed by atoms with van der Waals surface area (Å²) in [6.07, 6.45) is 0.544. The van der Waals surface area contributed by atoms with Crippen molar-refractivity contribution in [2.75, 3.05) is 18.9 Å². The monoisotopic (exact) mass is 286 g/mol. The van der Waals surface area contributed by atoms with Gasteiger partial charge in [-0.15, -0.1) is 0 Å². The lowest BCUT2D eigenvalue weighted by Gasteiger charge is -2.23. The van der Waals surface area contributed by atoms with Crippen LogP contribution in [0.1, 0.15) is 26.1 Å². The van der Waals surface area contributed by atoms with E-state index in [1.165, 1.54) is 0 Å². The standard InChI is InChI=1S/C16H22N4O/c1-11(2)8-16(21)17-12-4-5-14-13(9-12)18-15-10-19(3)6-7-20(14)15/h4-5,9,11H,6-8,10H2,1-3H3,(H,17,21). The Hall–Kier alpha value is -1.88. The van der Waals surface area contributed by atoms with Gasteiger partial charge in [-0.3, -0.25) is 9.69 Å². The summed E-state index contributed by atoms with van der Waals surface area (Å²) in [6, 6.07) is 5.99. The fraction of sp³-hybridized carbons (Fsp3) is 0.500. The number of hydrogen-bond acceptors (Lipinski definition) is 3. The Balaban J connectivity index is 1.86. The molecule has 1 aromatic carbocycles. The predicted molar refractivity (Wildman–Crippen MR) is 84.2 cm³/mol. The van der Waals surface area contributed by atoms with Crippen molar-refractivity contribution in [1.29, 1.82) is 0 Å². The largest absolute Gasteiger partial charge is 0.326 e. The van der Waals surface area contributed by atoms with Crippen molar-refractivity contribution < 1.29 is 4.79 Å². The number of benzene rings is 1. The zero-order valence-electron chi connectivity index (χ0n) is 12.9. The van der Waals surface area contributed by atoms with Gasteiger partial charge in [0.2, 0.25) is 5.91 Å². The molecular formula is C16H22N4O. The number of aromatic nitrogens is 2. The number of fused-ring (bicyclic) bond motifs is 3. The van der Waals surface area contributed by atoms with Gasteiger partial charge in [-0.05, 0) is 31.2 Å². The first-order valence-electron chi connectivity index (χ1n) is 7.50. The number of anilines is 1. The van der Waals surface area contributed by atoms with Gasteiger partial charge in [-0.1, -0.05) is 13.8 Å². The highest BCUT2D eigenvalue weighted by Crippen LogP contribution is 2.23. The second kappa shape index (κ2) is 5.48. The van der Waals surface area contributed by atoms with Crippen molar-refractivity contribution in [3.05, 3.63) is 24.0 Å². The van der Waals surface area contributed by atoms with Gasteiger partial charge in [0.05, 0.1) is 17.6 Å². The number of nitrogens with one attached hydrogen (secondary N) is 1. The number of carbonyl (C=O) groups excluding carboxylic acids is 1. The maximum absolute atomic E-state index is 11.9. The molecule has 3 rings (SSSR count). The Bertz CT molecular complexity index is 674. The molecule has 5 heteroatoms. The van der Waals surface area contributed by atoms with Gasteiger partial charge < -0.3 is 9.88 Å². The molecule has 0 saturated heterocycles. The van der Waals surface area contributed by atoms with Crippen molar-refractivity contribution in [2.45, 2.75) is 33.4 Å². The minimum atomic E-state index is 0.0630. The van der Waals surface area contributed by atoms with Crippen molar-refractivity contribution >= 4 is 22.6 Å². The minimum absolute atomic E-state index is 0.0630. The van der Waals surface area contributed by atoms with Crippen LogP contribution < -0.4 is 5.32 Å². The average Bonchev–Trinajstić information content (AvgIpc) is 2.73. The molecule has 1 amide bonds. The third kappa shape index (κ3) is 2.93. The highest BCUT2D eigenvalue weighted by Gasteiger charge is 2.17. The molecule has 0 saturated carbocycles. The summed E-state index contributed by atoms with van der Waals surface area (Å²) in [6.45, 7) is 6.99. The molecule has 112 valence electrons. The molecule has 1 aliphatic heterocycles. The zero-order valence-corrected chi connectivity index (χ0v) is 12.9. The third-order valence-electron chi connectivity index (χ3n) is 3.82. The van der Waals surface area contributed by atoms with Gasteiger partial charge in [0.15, 0.2) is 0 Å². The van der Waals surface area contributed by atoms with E-state index in [1.807, 2.05) is 26.0 Å². The predicted octanol–water partition coefficient (Wildman–Crippen LogP) is 2.47. The van der Waals surface area contributed by atoms with E-state index < -0.39 is 0 Å². The van der Waals surface area contributed by atoms with Crippen LogP contribution in [0, 0.1) is 5.92 Å². The summed E-state index contributed by atoms with van der Waals surface area (Å²) in [5, 5.41) is 2.96. The normalized spacial score (nSPS) is 15.4. The molecule has 0 spiro atoms. The molecule has 0 bridgehead atoms. The molecule has 0 aliphatic carbocycles. The fourth-order valence-electron chi connectivity index (χ4n) is 2.80. The molecule has 0 unspecified atom stereocenters. The smallest absolute Gasteiger partial charge is 0.224 e. The number of nitrogens with zero attached hydrogens (tertiary/aromatic N) is 3. The van der Waals surface area contributed by atoms with Crippen LogP contribution in [0.2, 0.25) is 0 Å². The Morgan fingerprint density at radius 1 is 1.38 bits per heavy atom. The summed E-state index contributed by atoms with van der Waals surface area (Å²) in [5.74, 6) is 1.53. The van der Waals surface area contributed by atoms with E-state index in [-0.39, 0.29) is 5.91 Å². The van der Waals surface area contributed by atoms with Gasteiger partial charge >= 0.3 is 0 Å². The Labute approximate surface area is 125 Å². The molecule has 0 fully saturated rings. The van der Waals surface area contributed by atoms with Crippen LogP contribution in [-0.2, 0) is 17.9 Å². The molecular weight excluding hydrogens is 264 g/mol. The Morgan fingerprint density at radius 2 is 2.19 bits per heavy atom. The number of hydrogen-bond donors (Lipinski definition) is 1. The summed E-state index contributed by atoms with van der Waals surface area (Å²) >= 11 is 0. The number of amides is 1. The van der Waals surface area contributed by atoms with E-state index in [0.29, 0.717) is 12.3 Å². The van der Waals surface area contributed by atoms with E-state index >= 15 is 0 Å². The average molecular weight is 286 g/mol. The van der Waals surface area contributed by atoms with Crippen LogP contribution in [0.15, 0.2) is 18.2 Å². The molecule has 0 atom stereocenters. The summed E-state index contributed by atoms with van der Waals surface area (Å²) in [7, 11) is 2.11. The minimum Gasteiger partial charge on any atom is -0.326 e. The molecule has 2 heterocycles. The molecule has 1 aliphatic rings. The third-order valence-corrected chi connectivity index (χ3v) is 3.82. The van der Waals surface area contributed by atoms with Crippen LogP contribution in [0.5, 0.6) is 0 Å².